The molecule has 0 saturated carbocycles. The Morgan fingerprint density at radius 3 is 2.34 bits per heavy atom. The van der Waals surface area contributed by atoms with E-state index in [1.807, 2.05) is 24.3 Å². The first-order chi connectivity index (χ1) is 13.7. The number of rotatable bonds is 9. The molecule has 0 saturated heterocycles. The van der Waals surface area contributed by atoms with Crippen LogP contribution in [0.1, 0.15) is 59.4 Å². The third-order valence-corrected chi connectivity index (χ3v) is 5.25. The molecule has 0 amide bonds. The molecule has 156 valence electrons. The number of nitrogens with one attached hydrogen (secondary N) is 2. The van der Waals surface area contributed by atoms with Crippen molar-refractivity contribution < 1.29 is 0 Å². The molecule has 0 spiro atoms. The summed E-state index contributed by atoms with van der Waals surface area (Å²) in [5, 5.41) is 15.0. The minimum atomic E-state index is -0.136. The molecule has 4 N–H and O–H groups in total. The summed E-state index contributed by atoms with van der Waals surface area (Å²) < 4.78 is 0. The second kappa shape index (κ2) is 9.89. The molecule has 3 heteroatoms. The predicted octanol–water partition coefficient (Wildman–Crippen LogP) is 6.19. The number of fused-ring (bicyclic) bond motifs is 1. The maximum Gasteiger partial charge on any atom is 0.0710 e. The van der Waals surface area contributed by atoms with E-state index in [1.165, 1.54) is 5.57 Å². The molecule has 2 aromatic rings. The van der Waals surface area contributed by atoms with Gasteiger partial charge in [-0.15, -0.1) is 0 Å². The van der Waals surface area contributed by atoms with Gasteiger partial charge in [0.1, 0.15) is 0 Å². The van der Waals surface area contributed by atoms with Crippen molar-refractivity contribution in [2.75, 3.05) is 6.54 Å². The van der Waals surface area contributed by atoms with Gasteiger partial charge in [0.15, 0.2) is 0 Å². The molecule has 0 fully saturated rings. The molecule has 1 atom stereocenters. The molecule has 1 unspecified atom stereocenters. The Balaban J connectivity index is 2.72. The molecule has 0 heterocycles. The lowest BCUT2D eigenvalue weighted by Crippen LogP contribution is -2.37. The van der Waals surface area contributed by atoms with E-state index in [9.17, 15) is 5.41 Å². The first-order valence-corrected chi connectivity index (χ1v) is 10.7. The first-order valence-electron chi connectivity index (χ1n) is 10.7. The lowest BCUT2D eigenvalue weighted by molar-refractivity contribution is 0.476. The van der Waals surface area contributed by atoms with Crippen molar-refractivity contribution in [2.45, 2.75) is 59.4 Å². The van der Waals surface area contributed by atoms with E-state index in [0.717, 1.165) is 46.9 Å². The minimum Gasteiger partial charge on any atom is -0.380 e. The number of benzene rings is 2. The average Bonchev–Trinajstić information content (AvgIpc) is 2.67. The van der Waals surface area contributed by atoms with Crippen LogP contribution in [0.3, 0.4) is 0 Å². The molecule has 0 bridgehead atoms. The third kappa shape index (κ3) is 5.57. The van der Waals surface area contributed by atoms with Gasteiger partial charge < -0.3 is 11.1 Å². The molecule has 0 aromatic heterocycles. The van der Waals surface area contributed by atoms with Gasteiger partial charge in [-0.25, -0.2) is 0 Å². The van der Waals surface area contributed by atoms with Gasteiger partial charge in [-0.3, -0.25) is 5.41 Å². The fourth-order valence-corrected chi connectivity index (χ4v) is 3.96. The Morgan fingerprint density at radius 1 is 1.10 bits per heavy atom. The molecule has 0 radical (unpaired) electrons. The Labute approximate surface area is 176 Å². The zero-order chi connectivity index (χ0) is 21.6. The Morgan fingerprint density at radius 2 is 1.76 bits per heavy atom. The lowest BCUT2D eigenvalue weighted by Gasteiger charge is -2.29. The molecule has 2 aromatic carbocycles. The summed E-state index contributed by atoms with van der Waals surface area (Å²) in [6.07, 6.45) is 2.89. The van der Waals surface area contributed by atoms with Crippen LogP contribution in [0, 0.1) is 11.3 Å². The quantitative estimate of drug-likeness (QED) is 0.352. The van der Waals surface area contributed by atoms with Crippen LogP contribution in [0.4, 0.5) is 0 Å². The summed E-state index contributed by atoms with van der Waals surface area (Å²) in [7, 11) is 0. The largest absolute Gasteiger partial charge is 0.380 e. The SMILES string of the molecule is C=C(NC(C)(C)C)/C(C(=N)c1cccc2ccccc12)=C(/CCC)C(CC)CN. The molecule has 3 nitrogen and oxygen atoms in total. The Kier molecular flexibility index (Phi) is 7.80. The highest BCUT2D eigenvalue weighted by Gasteiger charge is 2.24. The molecule has 29 heavy (non-hydrogen) atoms. The van der Waals surface area contributed by atoms with Crippen LogP contribution in [0.15, 0.2) is 65.9 Å². The fraction of sp³-hybridized carbons (Fsp3) is 0.423. The van der Waals surface area contributed by atoms with Gasteiger partial charge in [0.25, 0.3) is 0 Å². The van der Waals surface area contributed by atoms with Crippen LogP contribution in [-0.4, -0.2) is 17.8 Å². The highest BCUT2D eigenvalue weighted by atomic mass is 15.0. The van der Waals surface area contributed by atoms with Gasteiger partial charge in [0.2, 0.25) is 0 Å². The summed E-state index contributed by atoms with van der Waals surface area (Å²) >= 11 is 0. The van der Waals surface area contributed by atoms with Gasteiger partial charge >= 0.3 is 0 Å². The smallest absolute Gasteiger partial charge is 0.0710 e. The lowest BCUT2D eigenvalue weighted by atomic mass is 9.83. The van der Waals surface area contributed by atoms with Gasteiger partial charge in [-0.1, -0.05) is 74.9 Å². The number of hydrogen-bond acceptors (Lipinski definition) is 3. The summed E-state index contributed by atoms with van der Waals surface area (Å²) in [5.74, 6) is 0.249. The molecule has 0 aliphatic carbocycles. The van der Waals surface area contributed by atoms with E-state index in [1.54, 1.807) is 0 Å². The van der Waals surface area contributed by atoms with Gasteiger partial charge in [-0.05, 0) is 56.8 Å². The molecular formula is C26H37N3. The van der Waals surface area contributed by atoms with E-state index >= 15 is 0 Å². The van der Waals surface area contributed by atoms with E-state index in [-0.39, 0.29) is 11.5 Å². The van der Waals surface area contributed by atoms with Crippen molar-refractivity contribution in [3.05, 3.63) is 71.5 Å². The van der Waals surface area contributed by atoms with Crippen LogP contribution in [-0.2, 0) is 0 Å². The van der Waals surface area contributed by atoms with Crippen LogP contribution in [0.25, 0.3) is 10.8 Å². The number of nitrogens with two attached hydrogens (primary N) is 1. The van der Waals surface area contributed by atoms with Gasteiger partial charge in [0.05, 0.1) is 5.71 Å². The van der Waals surface area contributed by atoms with Crippen molar-refractivity contribution in [3.63, 3.8) is 0 Å². The minimum absolute atomic E-state index is 0.136. The van der Waals surface area contributed by atoms with E-state index < -0.39 is 0 Å². The summed E-state index contributed by atoms with van der Waals surface area (Å²) in [5.41, 5.74) is 10.5. The van der Waals surface area contributed by atoms with E-state index in [0.29, 0.717) is 12.3 Å². The molecular weight excluding hydrogens is 354 g/mol. The summed E-state index contributed by atoms with van der Waals surface area (Å²) in [6, 6.07) is 14.4. The highest BCUT2D eigenvalue weighted by Crippen LogP contribution is 2.31. The van der Waals surface area contributed by atoms with Crippen LogP contribution in [0.2, 0.25) is 0 Å². The molecule has 0 aliphatic rings. The monoisotopic (exact) mass is 391 g/mol. The maximum absolute atomic E-state index is 9.26. The average molecular weight is 392 g/mol. The Bertz CT molecular complexity index is 890. The van der Waals surface area contributed by atoms with E-state index in [2.05, 4.69) is 64.7 Å². The normalized spacial score (nSPS) is 13.7. The fourth-order valence-electron chi connectivity index (χ4n) is 3.96. The Hall–Kier alpha value is -2.39. The zero-order valence-electron chi connectivity index (χ0n) is 18.7. The second-order valence-corrected chi connectivity index (χ2v) is 8.75. The van der Waals surface area contributed by atoms with Crippen molar-refractivity contribution in [2.24, 2.45) is 11.7 Å². The van der Waals surface area contributed by atoms with Crippen molar-refractivity contribution >= 4 is 16.5 Å². The van der Waals surface area contributed by atoms with Gasteiger partial charge in [-0.2, -0.15) is 0 Å². The van der Waals surface area contributed by atoms with Crippen molar-refractivity contribution in [3.8, 4) is 0 Å². The standard InChI is InChI=1S/C26H37N3/c1-7-12-22(19(8-2)17-27)24(18(3)29-26(4,5)6)25(28)23-16-11-14-20-13-9-10-15-21(20)23/h9-11,13-16,19,28-29H,3,7-8,12,17,27H2,1-2,4-6H3/b24-22+,28-25?. The van der Waals surface area contributed by atoms with Crippen molar-refractivity contribution in [1.82, 2.24) is 5.32 Å². The zero-order valence-corrected chi connectivity index (χ0v) is 18.7. The number of allylic oxidation sites excluding steroid dienone is 1. The van der Waals surface area contributed by atoms with Gasteiger partial charge in [0, 0.05) is 22.4 Å². The maximum atomic E-state index is 9.26. The third-order valence-electron chi connectivity index (χ3n) is 5.25. The molecule has 2 rings (SSSR count). The molecule has 0 aliphatic heterocycles. The predicted molar refractivity (Wildman–Crippen MR) is 128 cm³/mol. The van der Waals surface area contributed by atoms with Crippen LogP contribution < -0.4 is 11.1 Å². The first kappa shape index (κ1) is 22.9. The van der Waals surface area contributed by atoms with E-state index in [4.69, 9.17) is 5.73 Å². The topological polar surface area (TPSA) is 61.9 Å². The highest BCUT2D eigenvalue weighted by molar-refractivity contribution is 6.19. The van der Waals surface area contributed by atoms with Crippen molar-refractivity contribution in [1.29, 1.82) is 5.41 Å². The number of hydrogen-bond donors (Lipinski definition) is 3. The van der Waals surface area contributed by atoms with Crippen LogP contribution in [0.5, 0.6) is 0 Å². The van der Waals surface area contributed by atoms with Crippen LogP contribution >= 0.6 is 0 Å². The second-order valence-electron chi connectivity index (χ2n) is 8.75. The summed E-state index contributed by atoms with van der Waals surface area (Å²) in [4.78, 5) is 0. The summed E-state index contributed by atoms with van der Waals surface area (Å²) in [6.45, 7) is 15.7.